The Morgan fingerprint density at radius 1 is 0.679 bits per heavy atom. The molecular weight excluding hydrogens is 352 g/mol. The zero-order chi connectivity index (χ0) is 20.8. The molecule has 28 heavy (non-hydrogen) atoms. The van der Waals surface area contributed by atoms with E-state index in [0.717, 1.165) is 51.4 Å². The first-order valence-electron chi connectivity index (χ1n) is 10.8. The Morgan fingerprint density at radius 3 is 1.43 bits per heavy atom. The maximum Gasteiger partial charge on any atom is 0.306 e. The number of hydrogen-bond acceptors (Lipinski definition) is 4. The molecule has 4 nitrogen and oxygen atoms in total. The molecule has 1 rings (SSSR count). The summed E-state index contributed by atoms with van der Waals surface area (Å²) in [7, 11) is 0. The predicted octanol–water partition coefficient (Wildman–Crippen LogP) is 5.80. The Kier molecular flexibility index (Phi) is 12.3. The molecule has 0 N–H and O–H groups in total. The molecule has 0 saturated heterocycles. The SMILES string of the molecule is CC(C)OC(=O)CCCCCc1ccccc1CCCCCC(=O)OC(C)C. The van der Waals surface area contributed by atoms with Gasteiger partial charge in [0.15, 0.2) is 0 Å². The lowest BCUT2D eigenvalue weighted by molar-refractivity contribution is -0.148. The molecule has 0 fully saturated rings. The minimum atomic E-state index is -0.0901. The van der Waals surface area contributed by atoms with Crippen molar-refractivity contribution >= 4 is 11.9 Å². The number of unbranched alkanes of at least 4 members (excludes halogenated alkanes) is 4. The summed E-state index contributed by atoms with van der Waals surface area (Å²) < 4.78 is 10.3. The molecule has 0 bridgehead atoms. The molecule has 0 aliphatic rings. The number of carbonyl (C=O) groups is 2. The van der Waals surface area contributed by atoms with E-state index in [9.17, 15) is 9.59 Å². The first-order valence-corrected chi connectivity index (χ1v) is 10.8. The van der Waals surface area contributed by atoms with Gasteiger partial charge in [0.05, 0.1) is 12.2 Å². The third-order valence-corrected chi connectivity index (χ3v) is 4.51. The van der Waals surface area contributed by atoms with Gasteiger partial charge in [-0.15, -0.1) is 0 Å². The fourth-order valence-electron chi connectivity index (χ4n) is 3.21. The third kappa shape index (κ3) is 11.8. The Hall–Kier alpha value is -1.84. The van der Waals surface area contributed by atoms with Gasteiger partial charge in [-0.2, -0.15) is 0 Å². The van der Waals surface area contributed by atoms with Gasteiger partial charge in [-0.1, -0.05) is 37.1 Å². The predicted molar refractivity (Wildman–Crippen MR) is 113 cm³/mol. The summed E-state index contributed by atoms with van der Waals surface area (Å²) in [6, 6.07) is 8.62. The maximum absolute atomic E-state index is 11.6. The van der Waals surface area contributed by atoms with E-state index in [1.54, 1.807) is 0 Å². The van der Waals surface area contributed by atoms with Crippen LogP contribution in [0.1, 0.15) is 90.2 Å². The van der Waals surface area contributed by atoms with Gasteiger partial charge in [-0.25, -0.2) is 0 Å². The van der Waals surface area contributed by atoms with Gasteiger partial charge in [-0.3, -0.25) is 9.59 Å². The van der Waals surface area contributed by atoms with E-state index < -0.39 is 0 Å². The number of ether oxygens (including phenoxy) is 2. The van der Waals surface area contributed by atoms with Crippen molar-refractivity contribution < 1.29 is 19.1 Å². The van der Waals surface area contributed by atoms with Gasteiger partial charge < -0.3 is 9.47 Å². The van der Waals surface area contributed by atoms with Crippen LogP contribution in [0, 0.1) is 0 Å². The van der Waals surface area contributed by atoms with Crippen LogP contribution >= 0.6 is 0 Å². The Bertz CT molecular complexity index is 527. The monoisotopic (exact) mass is 390 g/mol. The van der Waals surface area contributed by atoms with Gasteiger partial charge >= 0.3 is 11.9 Å². The standard InChI is InChI=1S/C24H38O4/c1-19(2)27-23(25)17-9-5-7-13-21-15-11-12-16-22(21)14-8-6-10-18-24(26)28-20(3)4/h11-12,15-16,19-20H,5-10,13-14,17-18H2,1-4H3. The summed E-state index contributed by atoms with van der Waals surface area (Å²) in [6.07, 6.45) is 9.12. The van der Waals surface area contributed by atoms with E-state index in [1.165, 1.54) is 11.1 Å². The molecule has 1 aromatic carbocycles. The van der Waals surface area contributed by atoms with Crippen LogP contribution in [0.3, 0.4) is 0 Å². The average molecular weight is 391 g/mol. The first-order chi connectivity index (χ1) is 13.4. The second kappa shape index (κ2) is 14.2. The number of carbonyl (C=O) groups excluding carboxylic acids is 2. The molecule has 0 atom stereocenters. The zero-order valence-electron chi connectivity index (χ0n) is 18.2. The number of aryl methyl sites for hydroxylation is 2. The molecule has 0 spiro atoms. The van der Waals surface area contributed by atoms with E-state index in [2.05, 4.69) is 24.3 Å². The quantitative estimate of drug-likeness (QED) is 0.298. The topological polar surface area (TPSA) is 52.6 Å². The molecule has 0 aliphatic carbocycles. The molecular formula is C24H38O4. The number of esters is 2. The lowest BCUT2D eigenvalue weighted by Crippen LogP contribution is -2.10. The van der Waals surface area contributed by atoms with Crippen molar-refractivity contribution in [3.8, 4) is 0 Å². The number of hydrogen-bond donors (Lipinski definition) is 0. The van der Waals surface area contributed by atoms with Crippen LogP contribution in [-0.4, -0.2) is 24.1 Å². The third-order valence-electron chi connectivity index (χ3n) is 4.51. The zero-order valence-corrected chi connectivity index (χ0v) is 18.2. The highest BCUT2D eigenvalue weighted by atomic mass is 16.5. The second-order valence-corrected chi connectivity index (χ2v) is 7.97. The Labute approximate surface area is 171 Å². The highest BCUT2D eigenvalue weighted by molar-refractivity contribution is 5.69. The van der Waals surface area contributed by atoms with E-state index >= 15 is 0 Å². The Morgan fingerprint density at radius 2 is 1.07 bits per heavy atom. The van der Waals surface area contributed by atoms with Crippen LogP contribution in [-0.2, 0) is 31.9 Å². The minimum Gasteiger partial charge on any atom is -0.463 e. The molecule has 0 amide bonds. The van der Waals surface area contributed by atoms with Gasteiger partial charge in [0.1, 0.15) is 0 Å². The largest absolute Gasteiger partial charge is 0.463 e. The van der Waals surface area contributed by atoms with Crippen molar-refractivity contribution in [3.05, 3.63) is 35.4 Å². The molecule has 1 aromatic rings. The summed E-state index contributed by atoms with van der Waals surface area (Å²) in [5.41, 5.74) is 2.82. The minimum absolute atomic E-state index is 0.0276. The van der Waals surface area contributed by atoms with Crippen LogP contribution in [0.2, 0.25) is 0 Å². The average Bonchev–Trinajstić information content (AvgIpc) is 2.61. The number of benzene rings is 1. The van der Waals surface area contributed by atoms with Gasteiger partial charge in [-0.05, 0) is 77.3 Å². The summed E-state index contributed by atoms with van der Waals surface area (Å²) in [4.78, 5) is 23.1. The lowest BCUT2D eigenvalue weighted by Gasteiger charge is -2.10. The van der Waals surface area contributed by atoms with E-state index in [0.29, 0.717) is 12.8 Å². The van der Waals surface area contributed by atoms with Crippen LogP contribution < -0.4 is 0 Å². The summed E-state index contributed by atoms with van der Waals surface area (Å²) >= 11 is 0. The molecule has 0 aliphatic heterocycles. The summed E-state index contributed by atoms with van der Waals surface area (Å²) in [5, 5.41) is 0. The van der Waals surface area contributed by atoms with Gasteiger partial charge in [0.25, 0.3) is 0 Å². The van der Waals surface area contributed by atoms with Crippen molar-refractivity contribution in [2.24, 2.45) is 0 Å². The van der Waals surface area contributed by atoms with E-state index in [-0.39, 0.29) is 24.1 Å². The van der Waals surface area contributed by atoms with Crippen molar-refractivity contribution in [2.75, 3.05) is 0 Å². The van der Waals surface area contributed by atoms with E-state index in [4.69, 9.17) is 9.47 Å². The molecule has 0 aromatic heterocycles. The number of rotatable bonds is 14. The first kappa shape index (κ1) is 24.2. The molecule has 0 heterocycles. The smallest absolute Gasteiger partial charge is 0.306 e. The highest BCUT2D eigenvalue weighted by Crippen LogP contribution is 2.17. The van der Waals surface area contributed by atoms with Crippen LogP contribution in [0.5, 0.6) is 0 Å². The molecule has 0 radical (unpaired) electrons. The molecule has 0 saturated carbocycles. The van der Waals surface area contributed by atoms with Crippen molar-refractivity contribution in [1.82, 2.24) is 0 Å². The van der Waals surface area contributed by atoms with Gasteiger partial charge in [0, 0.05) is 12.8 Å². The fourth-order valence-corrected chi connectivity index (χ4v) is 3.21. The van der Waals surface area contributed by atoms with Crippen LogP contribution in [0.4, 0.5) is 0 Å². The maximum atomic E-state index is 11.6. The van der Waals surface area contributed by atoms with E-state index in [1.807, 2.05) is 27.7 Å². The second-order valence-electron chi connectivity index (χ2n) is 7.97. The molecule has 158 valence electrons. The molecule has 4 heteroatoms. The van der Waals surface area contributed by atoms with Crippen LogP contribution in [0.25, 0.3) is 0 Å². The van der Waals surface area contributed by atoms with Crippen molar-refractivity contribution in [2.45, 2.75) is 104 Å². The fraction of sp³-hybridized carbons (Fsp3) is 0.667. The van der Waals surface area contributed by atoms with Crippen molar-refractivity contribution in [3.63, 3.8) is 0 Å². The summed E-state index contributed by atoms with van der Waals surface area (Å²) in [5.74, 6) is -0.180. The van der Waals surface area contributed by atoms with Crippen molar-refractivity contribution in [1.29, 1.82) is 0 Å². The highest BCUT2D eigenvalue weighted by Gasteiger charge is 2.07. The molecule has 0 unspecified atom stereocenters. The Balaban J connectivity index is 2.23. The normalized spacial score (nSPS) is 11.1. The van der Waals surface area contributed by atoms with Crippen LogP contribution in [0.15, 0.2) is 24.3 Å². The summed E-state index contributed by atoms with van der Waals surface area (Å²) in [6.45, 7) is 7.52. The van der Waals surface area contributed by atoms with Gasteiger partial charge in [0.2, 0.25) is 0 Å². The lowest BCUT2D eigenvalue weighted by atomic mass is 9.97.